The number of hydrogen-bond acceptors (Lipinski definition) is 4. The van der Waals surface area contributed by atoms with Crippen molar-refractivity contribution in [3.05, 3.63) is 24.3 Å². The van der Waals surface area contributed by atoms with E-state index >= 15 is 0 Å². The normalized spacial score (nSPS) is 11.5. The average molecular weight is 374 g/mol. The van der Waals surface area contributed by atoms with Gasteiger partial charge in [-0.3, -0.25) is 0 Å². The van der Waals surface area contributed by atoms with Crippen LogP contribution in [0.1, 0.15) is 26.2 Å². The zero-order valence-corrected chi connectivity index (χ0v) is 16.2. The van der Waals surface area contributed by atoms with E-state index in [1.54, 1.807) is 24.3 Å². The molecule has 0 amide bonds. The fourth-order valence-electron chi connectivity index (χ4n) is 1.85. The van der Waals surface area contributed by atoms with Gasteiger partial charge in [0.05, 0.1) is 4.90 Å². The van der Waals surface area contributed by atoms with Gasteiger partial charge in [0.25, 0.3) is 0 Å². The van der Waals surface area contributed by atoms with Gasteiger partial charge < -0.3 is 15.4 Å². The van der Waals surface area contributed by atoms with E-state index < -0.39 is 10.0 Å². The Morgan fingerprint density at radius 1 is 1.25 bits per heavy atom. The highest BCUT2D eigenvalue weighted by Crippen LogP contribution is 2.17. The number of thiocarbonyl (C=S) groups is 1. The molecule has 0 aliphatic carbocycles. The van der Waals surface area contributed by atoms with Crippen molar-refractivity contribution in [3.63, 3.8) is 0 Å². The summed E-state index contributed by atoms with van der Waals surface area (Å²) < 4.78 is 30.9. The first-order valence-corrected chi connectivity index (χ1v) is 9.88. The quantitative estimate of drug-likeness (QED) is 0.485. The van der Waals surface area contributed by atoms with Crippen LogP contribution >= 0.6 is 12.2 Å². The summed E-state index contributed by atoms with van der Waals surface area (Å²) in [6.07, 6.45) is 3.08. The third-order valence-corrected chi connectivity index (χ3v) is 5.32. The maximum absolute atomic E-state index is 12.1. The van der Waals surface area contributed by atoms with Gasteiger partial charge in [-0.1, -0.05) is 19.4 Å². The van der Waals surface area contributed by atoms with Crippen molar-refractivity contribution in [2.45, 2.75) is 31.1 Å². The summed E-state index contributed by atoms with van der Waals surface area (Å²) in [5, 5.41) is 6.55. The molecule has 0 unspecified atom stereocenters. The predicted octanol–water partition coefficient (Wildman–Crippen LogP) is 2.43. The van der Waals surface area contributed by atoms with Crippen LogP contribution in [0.5, 0.6) is 0 Å². The lowest BCUT2D eigenvalue weighted by molar-refractivity contribution is 0.129. The third kappa shape index (κ3) is 7.12. The van der Waals surface area contributed by atoms with Crippen molar-refractivity contribution in [1.29, 1.82) is 0 Å². The largest absolute Gasteiger partial charge is 0.381 e. The fraction of sp³-hybridized carbons (Fsp3) is 0.562. The number of sulfonamides is 1. The van der Waals surface area contributed by atoms with Crippen LogP contribution in [0.3, 0.4) is 0 Å². The molecule has 0 radical (unpaired) electrons. The number of ether oxygens (including phenoxy) is 1. The number of nitrogens with one attached hydrogen (secondary N) is 2. The molecule has 0 aliphatic heterocycles. The molecule has 136 valence electrons. The minimum absolute atomic E-state index is 0.227. The van der Waals surface area contributed by atoms with E-state index in [4.69, 9.17) is 17.0 Å². The van der Waals surface area contributed by atoms with E-state index in [0.717, 1.165) is 25.9 Å². The summed E-state index contributed by atoms with van der Waals surface area (Å²) in [6, 6.07) is 6.58. The Bertz CT molecular complexity index is 619. The number of unbranched alkanes of at least 4 members (excludes halogenated alkanes) is 1. The lowest BCUT2D eigenvalue weighted by Gasteiger charge is -2.14. The van der Waals surface area contributed by atoms with Gasteiger partial charge in [0, 0.05) is 39.5 Å². The monoisotopic (exact) mass is 373 g/mol. The van der Waals surface area contributed by atoms with E-state index in [0.29, 0.717) is 24.0 Å². The first kappa shape index (κ1) is 20.8. The molecule has 24 heavy (non-hydrogen) atoms. The molecule has 1 aromatic rings. The molecule has 1 aromatic carbocycles. The molecule has 2 N–H and O–H groups in total. The Morgan fingerprint density at radius 2 is 1.96 bits per heavy atom. The van der Waals surface area contributed by atoms with Crippen molar-refractivity contribution >= 4 is 33.0 Å². The molecular formula is C16H27N3O3S2. The molecule has 0 spiro atoms. The number of hydrogen-bond donors (Lipinski definition) is 2. The Kier molecular flexibility index (Phi) is 9.20. The van der Waals surface area contributed by atoms with Crippen LogP contribution in [0.4, 0.5) is 5.69 Å². The molecule has 0 aliphatic rings. The highest BCUT2D eigenvalue weighted by molar-refractivity contribution is 7.89. The van der Waals surface area contributed by atoms with Gasteiger partial charge >= 0.3 is 0 Å². The molecule has 0 bridgehead atoms. The van der Waals surface area contributed by atoms with E-state index in [-0.39, 0.29) is 4.90 Å². The summed E-state index contributed by atoms with van der Waals surface area (Å²) >= 11 is 5.22. The first-order chi connectivity index (χ1) is 11.4. The molecule has 0 atom stereocenters. The third-order valence-electron chi connectivity index (χ3n) is 3.26. The molecule has 0 heterocycles. The molecule has 0 saturated heterocycles. The van der Waals surface area contributed by atoms with E-state index in [1.807, 2.05) is 0 Å². The molecule has 8 heteroatoms. The molecule has 1 rings (SSSR count). The lowest BCUT2D eigenvalue weighted by atomic mass is 10.3. The smallest absolute Gasteiger partial charge is 0.242 e. The van der Waals surface area contributed by atoms with Gasteiger partial charge in [-0.05, 0) is 43.3 Å². The zero-order valence-electron chi connectivity index (χ0n) is 14.5. The highest BCUT2D eigenvalue weighted by Gasteiger charge is 2.17. The molecule has 0 fully saturated rings. The molecule has 0 aromatic heterocycles. The number of rotatable bonds is 10. The SMILES string of the molecule is CCCCOCCCNC(=S)Nc1cccc(S(=O)(=O)N(C)C)c1. The number of benzene rings is 1. The van der Waals surface area contributed by atoms with Crippen LogP contribution in [0.25, 0.3) is 0 Å². The predicted molar refractivity (Wildman–Crippen MR) is 102 cm³/mol. The second kappa shape index (κ2) is 10.6. The van der Waals surface area contributed by atoms with E-state index in [9.17, 15) is 8.42 Å². The summed E-state index contributed by atoms with van der Waals surface area (Å²) in [5.74, 6) is 0. The van der Waals surface area contributed by atoms with Gasteiger partial charge in [-0.15, -0.1) is 0 Å². The van der Waals surface area contributed by atoms with Crippen LogP contribution in [-0.4, -0.2) is 51.7 Å². The van der Waals surface area contributed by atoms with Gasteiger partial charge in [-0.2, -0.15) is 0 Å². The average Bonchev–Trinajstić information content (AvgIpc) is 2.54. The second-order valence-electron chi connectivity index (χ2n) is 5.52. The van der Waals surface area contributed by atoms with Crippen molar-refractivity contribution in [2.75, 3.05) is 39.2 Å². The summed E-state index contributed by atoms with van der Waals surface area (Å²) in [6.45, 7) is 4.33. The lowest BCUT2D eigenvalue weighted by Crippen LogP contribution is -2.30. The van der Waals surface area contributed by atoms with Gasteiger partial charge in [0.2, 0.25) is 10.0 Å². The van der Waals surface area contributed by atoms with Crippen molar-refractivity contribution < 1.29 is 13.2 Å². The Labute approximate surface area is 150 Å². The topological polar surface area (TPSA) is 70.7 Å². The van der Waals surface area contributed by atoms with Crippen LogP contribution in [-0.2, 0) is 14.8 Å². The van der Waals surface area contributed by atoms with Gasteiger partial charge in [0.15, 0.2) is 5.11 Å². The van der Waals surface area contributed by atoms with Gasteiger partial charge in [-0.25, -0.2) is 12.7 Å². The second-order valence-corrected chi connectivity index (χ2v) is 8.08. The van der Waals surface area contributed by atoms with Gasteiger partial charge in [0.1, 0.15) is 0 Å². The molecular weight excluding hydrogens is 346 g/mol. The Morgan fingerprint density at radius 3 is 2.62 bits per heavy atom. The first-order valence-electron chi connectivity index (χ1n) is 8.03. The summed E-state index contributed by atoms with van der Waals surface area (Å²) in [5.41, 5.74) is 0.634. The maximum atomic E-state index is 12.1. The Hall–Kier alpha value is -1.22. The minimum atomic E-state index is -3.45. The number of nitrogens with zero attached hydrogens (tertiary/aromatic N) is 1. The molecule has 0 saturated carbocycles. The van der Waals surface area contributed by atoms with Crippen LogP contribution in [0.15, 0.2) is 29.2 Å². The standard InChI is InChI=1S/C16H27N3O3S2/c1-4-5-11-22-12-7-10-17-16(23)18-14-8-6-9-15(13-14)24(20,21)19(2)3/h6,8-9,13H,4-5,7,10-12H2,1-3H3,(H2,17,18,23). The van der Waals surface area contributed by atoms with E-state index in [2.05, 4.69) is 17.6 Å². The number of anilines is 1. The zero-order chi connectivity index (χ0) is 18.0. The Balaban J connectivity index is 2.42. The molecule has 6 nitrogen and oxygen atoms in total. The highest BCUT2D eigenvalue weighted by atomic mass is 32.2. The van der Waals surface area contributed by atoms with E-state index in [1.165, 1.54) is 18.4 Å². The van der Waals surface area contributed by atoms with Crippen molar-refractivity contribution in [3.8, 4) is 0 Å². The fourth-order valence-corrected chi connectivity index (χ4v) is 3.01. The van der Waals surface area contributed by atoms with Crippen LogP contribution < -0.4 is 10.6 Å². The van der Waals surface area contributed by atoms with Crippen LogP contribution in [0.2, 0.25) is 0 Å². The van der Waals surface area contributed by atoms with Crippen molar-refractivity contribution in [1.82, 2.24) is 9.62 Å². The summed E-state index contributed by atoms with van der Waals surface area (Å²) in [4.78, 5) is 0.227. The van der Waals surface area contributed by atoms with Crippen LogP contribution in [0, 0.1) is 0 Å². The minimum Gasteiger partial charge on any atom is -0.381 e. The summed E-state index contributed by atoms with van der Waals surface area (Å²) in [7, 11) is -0.446. The van der Waals surface area contributed by atoms with Crippen molar-refractivity contribution in [2.24, 2.45) is 0 Å². The maximum Gasteiger partial charge on any atom is 0.242 e.